The standard InChI is InChI=1S/C9H10N2.C5H10O/c1-7-6-10-8-4-2-3-5-9(8)11-7;1-3-5(6)4-2/h2-5,10H,6H2,1H3;3-4H2,1-2H3. The van der Waals surface area contributed by atoms with E-state index >= 15 is 0 Å². The Morgan fingerprint density at radius 2 is 1.94 bits per heavy atom. The lowest BCUT2D eigenvalue weighted by Crippen LogP contribution is -2.13. The van der Waals surface area contributed by atoms with E-state index in [1.165, 1.54) is 0 Å². The van der Waals surface area contributed by atoms with E-state index in [4.69, 9.17) is 0 Å². The van der Waals surface area contributed by atoms with Crippen LogP contribution in [0.15, 0.2) is 29.3 Å². The number of nitrogens with one attached hydrogen (secondary N) is 1. The van der Waals surface area contributed by atoms with Crippen molar-refractivity contribution in [3.8, 4) is 0 Å². The zero-order valence-electron chi connectivity index (χ0n) is 10.8. The number of carbonyl (C=O) groups is 1. The predicted molar refractivity (Wildman–Crippen MR) is 73.3 cm³/mol. The van der Waals surface area contributed by atoms with Gasteiger partial charge in [-0.15, -0.1) is 0 Å². The van der Waals surface area contributed by atoms with Gasteiger partial charge in [-0.25, -0.2) is 0 Å². The molecule has 0 radical (unpaired) electrons. The summed E-state index contributed by atoms with van der Waals surface area (Å²) in [5, 5.41) is 3.28. The van der Waals surface area contributed by atoms with Gasteiger partial charge in [-0.05, 0) is 19.1 Å². The van der Waals surface area contributed by atoms with Crippen molar-refractivity contribution in [1.82, 2.24) is 0 Å². The quantitative estimate of drug-likeness (QED) is 0.846. The fraction of sp³-hybridized carbons (Fsp3) is 0.429. The van der Waals surface area contributed by atoms with E-state index in [0.29, 0.717) is 18.6 Å². The first-order valence-corrected chi connectivity index (χ1v) is 6.06. The van der Waals surface area contributed by atoms with Gasteiger partial charge in [0.15, 0.2) is 0 Å². The van der Waals surface area contributed by atoms with Crippen molar-refractivity contribution in [2.24, 2.45) is 4.99 Å². The Kier molecular flexibility index (Phi) is 5.40. The molecular weight excluding hydrogens is 212 g/mol. The maximum Gasteiger partial charge on any atom is 0.132 e. The number of anilines is 1. The highest BCUT2D eigenvalue weighted by molar-refractivity contribution is 5.93. The van der Waals surface area contributed by atoms with Gasteiger partial charge in [0, 0.05) is 18.6 Å². The predicted octanol–water partition coefficient (Wildman–Crippen LogP) is 3.58. The highest BCUT2D eigenvalue weighted by Gasteiger charge is 2.05. The van der Waals surface area contributed by atoms with Crippen molar-refractivity contribution in [1.29, 1.82) is 0 Å². The minimum atomic E-state index is 0.343. The molecule has 0 unspecified atom stereocenters. The number of fused-ring (bicyclic) bond motifs is 1. The van der Waals surface area contributed by atoms with Crippen LogP contribution in [-0.4, -0.2) is 18.0 Å². The number of nitrogens with zero attached hydrogens (tertiary/aromatic N) is 1. The van der Waals surface area contributed by atoms with Gasteiger partial charge >= 0.3 is 0 Å². The van der Waals surface area contributed by atoms with Crippen LogP contribution in [0.1, 0.15) is 33.6 Å². The Bertz CT molecular complexity index is 404. The maximum atomic E-state index is 10.2. The Balaban J connectivity index is 0.000000209. The first kappa shape index (κ1) is 13.4. The van der Waals surface area contributed by atoms with E-state index in [0.717, 1.165) is 23.6 Å². The zero-order chi connectivity index (χ0) is 12.7. The van der Waals surface area contributed by atoms with Crippen LogP contribution in [0.2, 0.25) is 0 Å². The number of para-hydroxylation sites is 2. The largest absolute Gasteiger partial charge is 0.378 e. The minimum Gasteiger partial charge on any atom is -0.378 e. The van der Waals surface area contributed by atoms with Crippen LogP contribution in [0.4, 0.5) is 11.4 Å². The second kappa shape index (κ2) is 6.84. The van der Waals surface area contributed by atoms with Crippen molar-refractivity contribution < 1.29 is 4.79 Å². The van der Waals surface area contributed by atoms with Crippen LogP contribution in [0.3, 0.4) is 0 Å². The van der Waals surface area contributed by atoms with E-state index in [1.54, 1.807) is 0 Å². The normalized spacial score (nSPS) is 12.5. The van der Waals surface area contributed by atoms with Gasteiger partial charge < -0.3 is 5.32 Å². The van der Waals surface area contributed by atoms with Crippen molar-refractivity contribution in [2.45, 2.75) is 33.6 Å². The van der Waals surface area contributed by atoms with Crippen LogP contribution < -0.4 is 5.32 Å². The van der Waals surface area contributed by atoms with E-state index in [1.807, 2.05) is 45.0 Å². The molecule has 0 aliphatic carbocycles. The molecule has 0 saturated carbocycles. The molecule has 3 nitrogen and oxygen atoms in total. The first-order chi connectivity index (χ1) is 8.17. The molecule has 1 aromatic carbocycles. The fourth-order valence-corrected chi connectivity index (χ4v) is 1.44. The lowest BCUT2D eigenvalue weighted by Gasteiger charge is -2.14. The second-order valence-corrected chi connectivity index (χ2v) is 3.96. The van der Waals surface area contributed by atoms with Crippen molar-refractivity contribution >= 4 is 22.9 Å². The molecule has 1 aliphatic heterocycles. The maximum absolute atomic E-state index is 10.2. The highest BCUT2D eigenvalue weighted by atomic mass is 16.1. The van der Waals surface area contributed by atoms with Gasteiger partial charge in [0.25, 0.3) is 0 Å². The molecule has 1 N–H and O–H groups in total. The number of benzene rings is 1. The Labute approximate surface area is 103 Å². The SMILES string of the molecule is CC1=Nc2ccccc2NC1.CCC(=O)CC. The summed E-state index contributed by atoms with van der Waals surface area (Å²) in [5.41, 5.74) is 3.33. The molecule has 1 aliphatic rings. The monoisotopic (exact) mass is 232 g/mol. The Hall–Kier alpha value is -1.64. The average molecular weight is 232 g/mol. The molecule has 0 bridgehead atoms. The number of rotatable bonds is 2. The number of hydrogen-bond acceptors (Lipinski definition) is 3. The fourth-order valence-electron chi connectivity index (χ4n) is 1.44. The van der Waals surface area contributed by atoms with Gasteiger partial charge in [0.2, 0.25) is 0 Å². The number of hydrogen-bond donors (Lipinski definition) is 1. The molecule has 17 heavy (non-hydrogen) atoms. The average Bonchev–Trinajstić information content (AvgIpc) is 2.38. The Morgan fingerprint density at radius 3 is 2.53 bits per heavy atom. The van der Waals surface area contributed by atoms with Gasteiger partial charge in [-0.1, -0.05) is 26.0 Å². The van der Waals surface area contributed by atoms with Crippen LogP contribution >= 0.6 is 0 Å². The zero-order valence-corrected chi connectivity index (χ0v) is 10.8. The van der Waals surface area contributed by atoms with E-state index in [2.05, 4.69) is 10.3 Å². The van der Waals surface area contributed by atoms with Crippen LogP contribution in [0.5, 0.6) is 0 Å². The van der Waals surface area contributed by atoms with Crippen LogP contribution in [0.25, 0.3) is 0 Å². The smallest absolute Gasteiger partial charge is 0.132 e. The summed E-state index contributed by atoms with van der Waals surface area (Å²) >= 11 is 0. The van der Waals surface area contributed by atoms with Crippen molar-refractivity contribution in [3.05, 3.63) is 24.3 Å². The summed E-state index contributed by atoms with van der Waals surface area (Å²) < 4.78 is 0. The third-order valence-electron chi connectivity index (χ3n) is 2.54. The molecule has 0 spiro atoms. The summed E-state index contributed by atoms with van der Waals surface area (Å²) in [6.07, 6.45) is 1.38. The summed E-state index contributed by atoms with van der Waals surface area (Å²) in [7, 11) is 0. The van der Waals surface area contributed by atoms with E-state index in [-0.39, 0.29) is 0 Å². The van der Waals surface area contributed by atoms with Gasteiger partial charge in [0.1, 0.15) is 5.78 Å². The number of aliphatic imine (C=N–C) groups is 1. The van der Waals surface area contributed by atoms with Crippen molar-refractivity contribution in [2.75, 3.05) is 11.9 Å². The van der Waals surface area contributed by atoms with E-state index in [9.17, 15) is 4.79 Å². The van der Waals surface area contributed by atoms with Gasteiger partial charge in [0.05, 0.1) is 17.9 Å². The molecule has 0 fully saturated rings. The van der Waals surface area contributed by atoms with Gasteiger partial charge in [-0.3, -0.25) is 9.79 Å². The molecule has 0 saturated heterocycles. The number of ketones is 1. The summed E-state index contributed by atoms with van der Waals surface area (Å²) in [5.74, 6) is 0.343. The second-order valence-electron chi connectivity index (χ2n) is 3.96. The summed E-state index contributed by atoms with van der Waals surface area (Å²) in [6, 6.07) is 8.08. The molecule has 0 aromatic heterocycles. The topological polar surface area (TPSA) is 41.5 Å². The van der Waals surface area contributed by atoms with E-state index < -0.39 is 0 Å². The molecule has 0 atom stereocenters. The summed E-state index contributed by atoms with van der Waals surface area (Å²) in [4.78, 5) is 14.6. The third kappa shape index (κ3) is 4.39. The third-order valence-corrected chi connectivity index (χ3v) is 2.54. The molecule has 3 heteroatoms. The first-order valence-electron chi connectivity index (χ1n) is 6.06. The molecule has 2 rings (SSSR count). The molecule has 1 heterocycles. The Morgan fingerprint density at radius 1 is 1.29 bits per heavy atom. The van der Waals surface area contributed by atoms with Crippen LogP contribution in [0, 0.1) is 0 Å². The van der Waals surface area contributed by atoms with Crippen LogP contribution in [-0.2, 0) is 4.79 Å². The lowest BCUT2D eigenvalue weighted by molar-refractivity contribution is -0.118. The number of carbonyl (C=O) groups excluding carboxylic acids is 1. The molecular formula is C14H20N2O. The molecule has 1 aromatic rings. The molecule has 92 valence electrons. The van der Waals surface area contributed by atoms with Crippen molar-refractivity contribution in [3.63, 3.8) is 0 Å². The molecule has 0 amide bonds. The lowest BCUT2D eigenvalue weighted by atomic mass is 10.2. The highest BCUT2D eigenvalue weighted by Crippen LogP contribution is 2.26. The number of Topliss-reactive ketones (excluding diaryl/α,β-unsaturated/α-hetero) is 1. The minimum absolute atomic E-state index is 0.343. The summed E-state index contributed by atoms with van der Waals surface area (Å²) in [6.45, 7) is 6.66. The van der Waals surface area contributed by atoms with Gasteiger partial charge in [-0.2, -0.15) is 0 Å².